The van der Waals surface area contributed by atoms with Gasteiger partial charge in [0.05, 0.1) is 17.2 Å². The molecule has 0 aliphatic heterocycles. The van der Waals surface area contributed by atoms with Crippen LogP contribution in [-0.4, -0.2) is 19.8 Å². The summed E-state index contributed by atoms with van der Waals surface area (Å²) in [7, 11) is 0. The lowest BCUT2D eigenvalue weighted by Gasteiger charge is -2.10. The van der Waals surface area contributed by atoms with E-state index >= 15 is 0 Å². The van der Waals surface area contributed by atoms with E-state index in [0.717, 1.165) is 22.0 Å². The van der Waals surface area contributed by atoms with Gasteiger partial charge in [0.25, 0.3) is 0 Å². The van der Waals surface area contributed by atoms with Crippen molar-refractivity contribution >= 4 is 28.3 Å². The number of hydrogen-bond donors (Lipinski definition) is 2. The fraction of sp³-hybridized carbons (Fsp3) is 0. The number of nitrogen functional groups attached to an aromatic ring is 1. The second kappa shape index (κ2) is 4.42. The van der Waals surface area contributed by atoms with Crippen molar-refractivity contribution in [1.82, 2.24) is 19.8 Å². The fourth-order valence-corrected chi connectivity index (χ4v) is 2.75. The van der Waals surface area contributed by atoms with E-state index in [1.54, 1.807) is 23.0 Å². The number of benzene rings is 1. The molecule has 22 heavy (non-hydrogen) atoms. The van der Waals surface area contributed by atoms with Gasteiger partial charge in [-0.05, 0) is 17.7 Å². The van der Waals surface area contributed by atoms with Crippen LogP contribution < -0.4 is 5.73 Å². The van der Waals surface area contributed by atoms with Crippen LogP contribution in [0.3, 0.4) is 0 Å². The molecule has 0 saturated heterocycles. The molecule has 108 valence electrons. The maximum Gasteiger partial charge on any atom is 0.146 e. The minimum absolute atomic E-state index is 0.338. The first kappa shape index (κ1) is 12.6. The van der Waals surface area contributed by atoms with Crippen LogP contribution in [0, 0.1) is 5.82 Å². The summed E-state index contributed by atoms with van der Waals surface area (Å²) in [5.41, 5.74) is 9.25. The van der Waals surface area contributed by atoms with Crippen molar-refractivity contribution in [3.63, 3.8) is 0 Å². The van der Waals surface area contributed by atoms with Crippen molar-refractivity contribution in [3.8, 4) is 11.1 Å². The Morgan fingerprint density at radius 3 is 3.00 bits per heavy atom. The lowest BCUT2D eigenvalue weighted by molar-refractivity contribution is 0.627. The zero-order chi connectivity index (χ0) is 15.3. The Morgan fingerprint density at radius 1 is 1.32 bits per heavy atom. The average molecular weight is 293 g/mol. The third-order valence-electron chi connectivity index (χ3n) is 3.71. The van der Waals surface area contributed by atoms with Crippen molar-refractivity contribution in [3.05, 3.63) is 54.6 Å². The van der Waals surface area contributed by atoms with Crippen LogP contribution in [0.25, 0.3) is 33.6 Å². The highest BCUT2D eigenvalue weighted by Crippen LogP contribution is 2.34. The summed E-state index contributed by atoms with van der Waals surface area (Å²) >= 11 is 0. The Bertz CT molecular complexity index is 1030. The van der Waals surface area contributed by atoms with Crippen LogP contribution in [0.15, 0.2) is 43.2 Å². The lowest BCUT2D eigenvalue weighted by atomic mass is 9.96. The van der Waals surface area contributed by atoms with Crippen LogP contribution in [0.2, 0.25) is 0 Å². The number of nitrogens with one attached hydrogen (secondary N) is 1. The number of fused-ring (bicyclic) bond motifs is 2. The molecule has 0 spiro atoms. The first-order valence-corrected chi connectivity index (χ1v) is 6.70. The maximum atomic E-state index is 14.3. The van der Waals surface area contributed by atoms with Crippen molar-refractivity contribution in [2.24, 2.45) is 0 Å². The highest BCUT2D eigenvalue weighted by molar-refractivity contribution is 5.99. The number of anilines is 1. The smallest absolute Gasteiger partial charge is 0.146 e. The summed E-state index contributed by atoms with van der Waals surface area (Å²) in [4.78, 5) is 0. The molecule has 0 aliphatic carbocycles. The monoisotopic (exact) mass is 293 g/mol. The number of halogens is 1. The normalized spacial score (nSPS) is 11.3. The van der Waals surface area contributed by atoms with Gasteiger partial charge < -0.3 is 5.73 Å². The molecule has 0 saturated carbocycles. The summed E-state index contributed by atoms with van der Waals surface area (Å²) in [6.45, 7) is 3.73. The Labute approximate surface area is 124 Å². The minimum atomic E-state index is -0.338. The summed E-state index contributed by atoms with van der Waals surface area (Å²) < 4.78 is 16.0. The van der Waals surface area contributed by atoms with E-state index in [4.69, 9.17) is 5.73 Å². The van der Waals surface area contributed by atoms with E-state index in [1.165, 1.54) is 12.1 Å². The van der Waals surface area contributed by atoms with Gasteiger partial charge in [-0.1, -0.05) is 12.7 Å². The summed E-state index contributed by atoms with van der Waals surface area (Å²) in [6.07, 6.45) is 5.00. The lowest BCUT2D eigenvalue weighted by Crippen LogP contribution is -1.93. The molecule has 3 heterocycles. The minimum Gasteiger partial charge on any atom is -0.382 e. The molecule has 0 fully saturated rings. The molecule has 4 aromatic rings. The largest absolute Gasteiger partial charge is 0.382 e. The number of H-pyrrole nitrogens is 1. The molecular weight excluding hydrogens is 281 g/mol. The van der Waals surface area contributed by atoms with Gasteiger partial charge in [-0.15, -0.1) is 0 Å². The molecule has 4 rings (SSSR count). The van der Waals surface area contributed by atoms with Crippen molar-refractivity contribution < 1.29 is 4.39 Å². The van der Waals surface area contributed by atoms with E-state index in [-0.39, 0.29) is 5.82 Å². The van der Waals surface area contributed by atoms with E-state index in [0.29, 0.717) is 16.9 Å². The van der Waals surface area contributed by atoms with Gasteiger partial charge in [-0.25, -0.2) is 8.91 Å². The Morgan fingerprint density at radius 2 is 2.18 bits per heavy atom. The quantitative estimate of drug-likeness (QED) is 0.596. The predicted molar refractivity (Wildman–Crippen MR) is 84.7 cm³/mol. The first-order chi connectivity index (χ1) is 10.7. The van der Waals surface area contributed by atoms with Gasteiger partial charge in [0, 0.05) is 34.8 Å². The topological polar surface area (TPSA) is 72.0 Å². The number of aromatic amines is 1. The second-order valence-electron chi connectivity index (χ2n) is 5.04. The average Bonchev–Trinajstić information content (AvgIpc) is 3.09. The Balaban J connectivity index is 2.09. The molecule has 0 amide bonds. The number of aromatic nitrogens is 4. The van der Waals surface area contributed by atoms with Crippen molar-refractivity contribution in [2.45, 2.75) is 0 Å². The molecule has 5 nitrogen and oxygen atoms in total. The molecule has 3 aromatic heterocycles. The zero-order valence-electron chi connectivity index (χ0n) is 11.5. The van der Waals surface area contributed by atoms with Crippen LogP contribution >= 0.6 is 0 Å². The van der Waals surface area contributed by atoms with Crippen molar-refractivity contribution in [1.29, 1.82) is 0 Å². The van der Waals surface area contributed by atoms with Gasteiger partial charge in [-0.3, -0.25) is 5.10 Å². The molecule has 0 bridgehead atoms. The van der Waals surface area contributed by atoms with E-state index in [9.17, 15) is 4.39 Å². The molecular formula is C16H12FN5. The van der Waals surface area contributed by atoms with Crippen LogP contribution in [0.4, 0.5) is 10.2 Å². The summed E-state index contributed by atoms with van der Waals surface area (Å²) in [5.74, 6) is 0.100. The Kier molecular flexibility index (Phi) is 2.53. The van der Waals surface area contributed by atoms with Crippen molar-refractivity contribution in [2.75, 3.05) is 5.73 Å². The SMILES string of the molecule is C=Cc1c(F)cc2[nH]ncc2c1-c1ccn2nc(N)cc2c1. The standard InChI is InChI=1S/C16H12FN5/c1-2-11-13(17)7-14-12(8-19-20-14)16(11)9-3-4-22-10(5-9)6-15(18)21-22/h2-8H,1H2,(H2,18,21)(H,19,20). The van der Waals surface area contributed by atoms with Crippen LogP contribution in [0.1, 0.15) is 5.56 Å². The maximum absolute atomic E-state index is 14.3. The fourth-order valence-electron chi connectivity index (χ4n) is 2.75. The summed E-state index contributed by atoms with van der Waals surface area (Å²) in [6, 6.07) is 6.98. The molecule has 0 atom stereocenters. The zero-order valence-corrected chi connectivity index (χ0v) is 11.5. The van der Waals surface area contributed by atoms with E-state index in [2.05, 4.69) is 21.9 Å². The highest BCUT2D eigenvalue weighted by atomic mass is 19.1. The van der Waals surface area contributed by atoms with E-state index < -0.39 is 0 Å². The molecule has 3 N–H and O–H groups in total. The molecule has 1 aromatic carbocycles. The van der Waals surface area contributed by atoms with Crippen LogP contribution in [0.5, 0.6) is 0 Å². The summed E-state index contributed by atoms with van der Waals surface area (Å²) in [5, 5.41) is 11.8. The predicted octanol–water partition coefficient (Wildman–Crippen LogP) is 3.24. The number of nitrogens with zero attached hydrogens (tertiary/aromatic N) is 3. The molecule has 6 heteroatoms. The van der Waals surface area contributed by atoms with Crippen LogP contribution in [-0.2, 0) is 0 Å². The Hall–Kier alpha value is -3.15. The van der Waals surface area contributed by atoms with Gasteiger partial charge in [0.2, 0.25) is 0 Å². The van der Waals surface area contributed by atoms with Gasteiger partial charge in [0.15, 0.2) is 0 Å². The third-order valence-corrected chi connectivity index (χ3v) is 3.71. The number of hydrogen-bond acceptors (Lipinski definition) is 3. The van der Waals surface area contributed by atoms with Gasteiger partial charge in [-0.2, -0.15) is 10.2 Å². The van der Waals surface area contributed by atoms with Gasteiger partial charge in [0.1, 0.15) is 11.6 Å². The first-order valence-electron chi connectivity index (χ1n) is 6.70. The number of nitrogens with two attached hydrogens (primary N) is 1. The second-order valence-corrected chi connectivity index (χ2v) is 5.04. The molecule has 0 aliphatic rings. The molecule has 0 unspecified atom stereocenters. The molecule has 0 radical (unpaired) electrons. The number of rotatable bonds is 2. The van der Waals surface area contributed by atoms with E-state index in [1.807, 2.05) is 12.1 Å². The highest BCUT2D eigenvalue weighted by Gasteiger charge is 2.15. The third kappa shape index (κ3) is 1.70. The number of pyridine rings is 1. The van der Waals surface area contributed by atoms with Gasteiger partial charge >= 0.3 is 0 Å².